The number of aromatic nitrogens is 1. The third kappa shape index (κ3) is 2.00. The van der Waals surface area contributed by atoms with Crippen LogP contribution in [0.1, 0.15) is 16.4 Å². The van der Waals surface area contributed by atoms with Crippen LogP contribution >= 0.6 is 0 Å². The first kappa shape index (κ1) is 12.3. The average Bonchev–Trinajstić information content (AvgIpc) is 2.73. The van der Waals surface area contributed by atoms with Gasteiger partial charge in [-0.15, -0.1) is 0 Å². The van der Waals surface area contributed by atoms with Crippen molar-refractivity contribution in [3.63, 3.8) is 0 Å². The maximum atomic E-state index is 12.2. The second-order valence-corrected chi connectivity index (χ2v) is 5.34. The molecule has 94 valence electrons. The van der Waals surface area contributed by atoms with Gasteiger partial charge >= 0.3 is 5.97 Å². The highest BCUT2D eigenvalue weighted by atomic mass is 32.2. The highest BCUT2D eigenvalue weighted by Gasteiger charge is 2.30. The lowest BCUT2D eigenvalue weighted by Crippen LogP contribution is -2.08. The molecule has 0 saturated heterocycles. The number of aromatic carboxylic acids is 1. The van der Waals surface area contributed by atoms with Crippen molar-refractivity contribution in [3.05, 3.63) is 41.9 Å². The van der Waals surface area contributed by atoms with E-state index in [4.69, 9.17) is 9.52 Å². The summed E-state index contributed by atoms with van der Waals surface area (Å²) in [5.74, 6) is -1.46. The normalized spacial score (nSPS) is 11.4. The predicted octanol–water partition coefficient (Wildman–Crippen LogP) is 1.51. The van der Waals surface area contributed by atoms with Gasteiger partial charge in [-0.2, -0.15) is 0 Å². The van der Waals surface area contributed by atoms with Gasteiger partial charge in [-0.1, -0.05) is 18.2 Å². The zero-order valence-corrected chi connectivity index (χ0v) is 10.1. The fraction of sp³-hybridized carbons (Fsp3) is 0.0909. The summed E-state index contributed by atoms with van der Waals surface area (Å²) in [4.78, 5) is 14.4. The summed E-state index contributed by atoms with van der Waals surface area (Å²) in [5, 5.41) is 8.26. The Morgan fingerprint density at radius 3 is 2.44 bits per heavy atom. The van der Waals surface area contributed by atoms with Gasteiger partial charge in [0.1, 0.15) is 0 Å². The van der Waals surface area contributed by atoms with Crippen molar-refractivity contribution in [1.29, 1.82) is 0 Å². The van der Waals surface area contributed by atoms with Crippen LogP contribution in [-0.4, -0.2) is 24.5 Å². The molecule has 6 nitrogen and oxygen atoms in total. The molecule has 0 unspecified atom stereocenters. The second-order valence-electron chi connectivity index (χ2n) is 3.49. The molecule has 0 fully saturated rings. The number of rotatable bonds is 3. The molecule has 2 aromatic rings. The quantitative estimate of drug-likeness (QED) is 0.905. The van der Waals surface area contributed by atoms with Crippen molar-refractivity contribution in [2.24, 2.45) is 0 Å². The Morgan fingerprint density at radius 2 is 1.89 bits per heavy atom. The lowest BCUT2D eigenvalue weighted by atomic mass is 10.4. The summed E-state index contributed by atoms with van der Waals surface area (Å²) < 4.78 is 29.3. The lowest BCUT2D eigenvalue weighted by molar-refractivity contribution is 0.0684. The number of oxazole rings is 1. The molecular formula is C11H9NO5S. The van der Waals surface area contributed by atoms with E-state index in [2.05, 4.69) is 4.98 Å². The molecular weight excluding hydrogens is 258 g/mol. The number of carboxylic acids is 1. The van der Waals surface area contributed by atoms with E-state index in [1.165, 1.54) is 31.2 Å². The van der Waals surface area contributed by atoms with Crippen LogP contribution in [0.25, 0.3) is 0 Å². The third-order valence-electron chi connectivity index (χ3n) is 2.20. The van der Waals surface area contributed by atoms with Gasteiger partial charge in [0.05, 0.1) is 4.90 Å². The molecule has 1 N–H and O–H groups in total. The van der Waals surface area contributed by atoms with E-state index in [9.17, 15) is 13.2 Å². The van der Waals surface area contributed by atoms with Gasteiger partial charge in [-0.25, -0.2) is 18.2 Å². The number of hydrogen-bond acceptors (Lipinski definition) is 5. The maximum Gasteiger partial charge on any atom is 0.359 e. The molecule has 0 aliphatic carbocycles. The lowest BCUT2D eigenvalue weighted by Gasteiger charge is -2.00. The number of sulfone groups is 1. The molecule has 0 atom stereocenters. The monoisotopic (exact) mass is 267 g/mol. The van der Waals surface area contributed by atoms with Gasteiger partial charge in [-0.05, 0) is 12.1 Å². The number of nitrogens with zero attached hydrogens (tertiary/aromatic N) is 1. The zero-order valence-electron chi connectivity index (χ0n) is 9.32. The minimum absolute atomic E-state index is 0.0121. The largest absolute Gasteiger partial charge is 0.476 e. The molecule has 1 aromatic carbocycles. The molecule has 7 heteroatoms. The minimum Gasteiger partial charge on any atom is -0.476 e. The van der Waals surface area contributed by atoms with Gasteiger partial charge in [0, 0.05) is 6.92 Å². The molecule has 2 rings (SSSR count). The molecule has 0 bridgehead atoms. The van der Waals surface area contributed by atoms with E-state index in [1.807, 2.05) is 0 Å². The van der Waals surface area contributed by atoms with Gasteiger partial charge < -0.3 is 9.52 Å². The van der Waals surface area contributed by atoms with E-state index in [0.717, 1.165) is 0 Å². The van der Waals surface area contributed by atoms with E-state index < -0.39 is 26.6 Å². The molecule has 0 saturated carbocycles. The number of benzene rings is 1. The Hall–Kier alpha value is -2.15. The molecule has 1 heterocycles. The molecule has 0 radical (unpaired) electrons. The number of aryl methyl sites for hydroxylation is 1. The van der Waals surface area contributed by atoms with E-state index in [-0.39, 0.29) is 10.8 Å². The zero-order chi connectivity index (χ0) is 13.3. The van der Waals surface area contributed by atoms with Crippen LogP contribution in [-0.2, 0) is 9.84 Å². The Bertz CT molecular complexity index is 687. The molecule has 0 aliphatic heterocycles. The van der Waals surface area contributed by atoms with E-state index in [0.29, 0.717) is 0 Å². The predicted molar refractivity (Wildman–Crippen MR) is 60.1 cm³/mol. The summed E-state index contributed by atoms with van der Waals surface area (Å²) in [6, 6.07) is 7.45. The molecule has 18 heavy (non-hydrogen) atoms. The van der Waals surface area contributed by atoms with Crippen LogP contribution in [0.15, 0.2) is 44.7 Å². The highest BCUT2D eigenvalue weighted by molar-refractivity contribution is 7.91. The van der Waals surface area contributed by atoms with Crippen molar-refractivity contribution in [3.8, 4) is 0 Å². The standard InChI is InChI=1S/C11H9NO5S/c1-7-12-9(10(13)14)11(17-7)18(15,16)8-5-3-2-4-6-8/h2-6H,1H3,(H,13,14). The average molecular weight is 267 g/mol. The van der Waals surface area contributed by atoms with E-state index in [1.54, 1.807) is 6.07 Å². The summed E-state index contributed by atoms with van der Waals surface area (Å²) >= 11 is 0. The van der Waals surface area contributed by atoms with Gasteiger partial charge in [-0.3, -0.25) is 0 Å². The summed E-state index contributed by atoms with van der Waals surface area (Å²) in [6.45, 7) is 1.39. The Kier molecular flexibility index (Phi) is 2.92. The highest BCUT2D eigenvalue weighted by Crippen LogP contribution is 2.24. The smallest absolute Gasteiger partial charge is 0.359 e. The van der Waals surface area contributed by atoms with Crippen molar-refractivity contribution in [1.82, 2.24) is 4.98 Å². The second kappa shape index (κ2) is 4.26. The fourth-order valence-electron chi connectivity index (χ4n) is 1.43. The Morgan fingerprint density at radius 1 is 1.28 bits per heavy atom. The topological polar surface area (TPSA) is 97.5 Å². The van der Waals surface area contributed by atoms with Crippen LogP contribution in [0, 0.1) is 6.92 Å². The number of hydrogen-bond donors (Lipinski definition) is 1. The molecule has 0 spiro atoms. The maximum absolute atomic E-state index is 12.2. The summed E-state index contributed by atoms with van der Waals surface area (Å²) in [6.07, 6.45) is 0. The molecule has 0 amide bonds. The first-order valence-electron chi connectivity index (χ1n) is 4.94. The summed E-state index contributed by atoms with van der Waals surface area (Å²) in [5.41, 5.74) is -0.601. The van der Waals surface area contributed by atoms with Crippen molar-refractivity contribution < 1.29 is 22.7 Å². The van der Waals surface area contributed by atoms with Gasteiger partial charge in [0.25, 0.3) is 5.09 Å². The number of carboxylic acid groups (broad SMARTS) is 1. The van der Waals surface area contributed by atoms with E-state index >= 15 is 0 Å². The minimum atomic E-state index is -4.00. The van der Waals surface area contributed by atoms with Crippen LogP contribution in [0.5, 0.6) is 0 Å². The van der Waals surface area contributed by atoms with Crippen LogP contribution in [0.3, 0.4) is 0 Å². The molecule has 0 aliphatic rings. The Balaban J connectivity index is 2.66. The number of carbonyl (C=O) groups is 1. The van der Waals surface area contributed by atoms with Crippen molar-refractivity contribution >= 4 is 15.8 Å². The summed E-state index contributed by atoms with van der Waals surface area (Å²) in [7, 11) is -4.00. The van der Waals surface area contributed by atoms with Crippen LogP contribution in [0.4, 0.5) is 0 Å². The molecule has 1 aromatic heterocycles. The van der Waals surface area contributed by atoms with Gasteiger partial charge in [0.2, 0.25) is 15.5 Å². The fourth-order valence-corrected chi connectivity index (χ4v) is 2.78. The van der Waals surface area contributed by atoms with Crippen molar-refractivity contribution in [2.75, 3.05) is 0 Å². The Labute approximate surface area is 103 Å². The third-order valence-corrected chi connectivity index (χ3v) is 3.86. The van der Waals surface area contributed by atoms with Crippen LogP contribution in [0.2, 0.25) is 0 Å². The first-order valence-corrected chi connectivity index (χ1v) is 6.42. The SMILES string of the molecule is Cc1nc(C(=O)O)c(S(=O)(=O)c2ccccc2)o1. The first-order chi connectivity index (χ1) is 8.43. The van der Waals surface area contributed by atoms with Gasteiger partial charge in [0.15, 0.2) is 5.89 Å². The van der Waals surface area contributed by atoms with Crippen molar-refractivity contribution in [2.45, 2.75) is 16.9 Å². The van der Waals surface area contributed by atoms with Crippen LogP contribution < -0.4 is 0 Å².